The number of benzene rings is 2. The Hall–Kier alpha value is -3.05. The molecule has 0 radical (unpaired) electrons. The van der Waals surface area contributed by atoms with Crippen LogP contribution in [0, 0.1) is 0 Å². The fourth-order valence-electron chi connectivity index (χ4n) is 6.18. The molecule has 2 heterocycles. The third kappa shape index (κ3) is 6.50. The lowest BCUT2D eigenvalue weighted by Crippen LogP contribution is -2.27. The molecule has 202 valence electrons. The average Bonchev–Trinajstić information content (AvgIpc) is 3.24. The summed E-state index contributed by atoms with van der Waals surface area (Å²) in [5.74, 6) is 1.70. The quantitative estimate of drug-likeness (QED) is 0.353. The number of methoxy groups -OCH3 is 1. The Morgan fingerprint density at radius 2 is 1.84 bits per heavy atom. The van der Waals surface area contributed by atoms with Crippen LogP contribution in [0.5, 0.6) is 11.5 Å². The van der Waals surface area contributed by atoms with Crippen molar-refractivity contribution in [3.8, 4) is 11.5 Å². The summed E-state index contributed by atoms with van der Waals surface area (Å²) in [6.07, 6.45) is 11.7. The van der Waals surface area contributed by atoms with Gasteiger partial charge in [0.2, 0.25) is 0 Å². The van der Waals surface area contributed by atoms with Gasteiger partial charge < -0.3 is 19.6 Å². The number of likely N-dealkylation sites (tertiary alicyclic amines) is 1. The largest absolute Gasteiger partial charge is 0.508 e. The van der Waals surface area contributed by atoms with Gasteiger partial charge in [0.05, 0.1) is 19.3 Å². The SMILES string of the molecule is CCN(Cc1ccc(CCN2CCCCCC2)cn1)c1cc(OC)ccc1C1CCc2cc(O)ccc2C1. The molecule has 1 aliphatic carbocycles. The minimum absolute atomic E-state index is 0.366. The number of phenols is 1. The van der Waals surface area contributed by atoms with Crippen molar-refractivity contribution in [2.24, 2.45) is 0 Å². The Balaban J connectivity index is 1.29. The maximum absolute atomic E-state index is 9.91. The van der Waals surface area contributed by atoms with Gasteiger partial charge in [0, 0.05) is 31.0 Å². The molecule has 2 aromatic carbocycles. The molecule has 1 atom stereocenters. The monoisotopic (exact) mass is 513 g/mol. The first kappa shape index (κ1) is 26.6. The molecule has 1 unspecified atom stereocenters. The first-order valence-corrected chi connectivity index (χ1v) is 14.5. The topological polar surface area (TPSA) is 48.8 Å². The van der Waals surface area contributed by atoms with E-state index in [9.17, 15) is 5.11 Å². The Bertz CT molecular complexity index is 1190. The smallest absolute Gasteiger partial charge is 0.120 e. The number of phenolic OH excluding ortho intramolecular Hbond substituents is 1. The van der Waals surface area contributed by atoms with Crippen molar-refractivity contribution in [3.63, 3.8) is 0 Å². The summed E-state index contributed by atoms with van der Waals surface area (Å²) in [6.45, 7) is 7.52. The second-order valence-electron chi connectivity index (χ2n) is 11.0. The summed E-state index contributed by atoms with van der Waals surface area (Å²) >= 11 is 0. The summed E-state index contributed by atoms with van der Waals surface area (Å²) in [4.78, 5) is 9.94. The highest BCUT2D eigenvalue weighted by molar-refractivity contribution is 5.59. The molecule has 1 fully saturated rings. The molecule has 1 aliphatic heterocycles. The number of ether oxygens (including phenoxy) is 1. The van der Waals surface area contributed by atoms with Crippen molar-refractivity contribution in [1.29, 1.82) is 0 Å². The molecular weight excluding hydrogens is 470 g/mol. The van der Waals surface area contributed by atoms with Gasteiger partial charge in [0.25, 0.3) is 0 Å². The number of fused-ring (bicyclic) bond motifs is 1. The molecule has 1 N–H and O–H groups in total. The first-order valence-electron chi connectivity index (χ1n) is 14.5. The molecular formula is C33H43N3O2. The standard InChI is InChI=1S/C33H43N3O2/c1-3-36(24-29-12-8-25(23-34-29)16-19-35-17-6-4-5-7-18-35)33-22-31(38-2)14-15-32(33)28-10-9-27-21-30(37)13-11-26(27)20-28/h8,11-15,21-23,28,37H,3-7,9-10,16-20,24H2,1-2H3. The maximum Gasteiger partial charge on any atom is 0.120 e. The van der Waals surface area contributed by atoms with E-state index in [2.05, 4.69) is 59.3 Å². The van der Waals surface area contributed by atoms with E-state index in [0.717, 1.165) is 56.8 Å². The van der Waals surface area contributed by atoms with E-state index < -0.39 is 0 Å². The molecule has 0 bridgehead atoms. The highest BCUT2D eigenvalue weighted by atomic mass is 16.5. The molecule has 2 aliphatic rings. The minimum atomic E-state index is 0.366. The Morgan fingerprint density at radius 1 is 1.00 bits per heavy atom. The van der Waals surface area contributed by atoms with E-state index in [0.29, 0.717) is 11.7 Å². The van der Waals surface area contributed by atoms with Gasteiger partial charge in [0.15, 0.2) is 0 Å². The molecule has 38 heavy (non-hydrogen) atoms. The van der Waals surface area contributed by atoms with Gasteiger partial charge in [-0.3, -0.25) is 4.98 Å². The minimum Gasteiger partial charge on any atom is -0.508 e. The van der Waals surface area contributed by atoms with Gasteiger partial charge in [-0.05, 0) is 111 Å². The van der Waals surface area contributed by atoms with Gasteiger partial charge in [0.1, 0.15) is 11.5 Å². The number of pyridine rings is 1. The highest BCUT2D eigenvalue weighted by Gasteiger charge is 2.25. The molecule has 1 saturated heterocycles. The summed E-state index contributed by atoms with van der Waals surface area (Å²) < 4.78 is 5.64. The van der Waals surface area contributed by atoms with Gasteiger partial charge in [-0.15, -0.1) is 0 Å². The zero-order valence-electron chi connectivity index (χ0n) is 23.2. The summed E-state index contributed by atoms with van der Waals surface area (Å²) in [5.41, 5.74) is 7.68. The molecule has 5 heteroatoms. The van der Waals surface area contributed by atoms with Crippen LogP contribution in [0.2, 0.25) is 0 Å². The zero-order valence-corrected chi connectivity index (χ0v) is 23.2. The van der Waals surface area contributed by atoms with Crippen LogP contribution in [0.1, 0.15) is 72.9 Å². The van der Waals surface area contributed by atoms with E-state index >= 15 is 0 Å². The Morgan fingerprint density at radius 3 is 2.58 bits per heavy atom. The van der Waals surface area contributed by atoms with Gasteiger partial charge >= 0.3 is 0 Å². The van der Waals surface area contributed by atoms with E-state index in [1.54, 1.807) is 7.11 Å². The molecule has 1 aromatic heterocycles. The van der Waals surface area contributed by atoms with Crippen molar-refractivity contribution in [1.82, 2.24) is 9.88 Å². The van der Waals surface area contributed by atoms with E-state index in [1.165, 1.54) is 66.7 Å². The van der Waals surface area contributed by atoms with Crippen molar-refractivity contribution in [3.05, 3.63) is 82.7 Å². The third-order valence-electron chi connectivity index (χ3n) is 8.47. The Labute approximate surface area is 228 Å². The second kappa shape index (κ2) is 12.7. The van der Waals surface area contributed by atoms with Gasteiger partial charge in [-0.2, -0.15) is 0 Å². The molecule has 5 rings (SSSR count). The van der Waals surface area contributed by atoms with E-state index in [1.807, 2.05) is 12.1 Å². The lowest BCUT2D eigenvalue weighted by molar-refractivity contribution is 0.289. The van der Waals surface area contributed by atoms with Crippen molar-refractivity contribution in [2.45, 2.75) is 70.8 Å². The number of hydrogen-bond acceptors (Lipinski definition) is 5. The van der Waals surface area contributed by atoms with Crippen LogP contribution in [-0.2, 0) is 25.8 Å². The number of nitrogens with zero attached hydrogens (tertiary/aromatic N) is 3. The predicted molar refractivity (Wildman–Crippen MR) is 155 cm³/mol. The van der Waals surface area contributed by atoms with Gasteiger partial charge in [-0.1, -0.05) is 31.0 Å². The lowest BCUT2D eigenvalue weighted by atomic mass is 9.79. The van der Waals surface area contributed by atoms with Crippen molar-refractivity contribution >= 4 is 5.69 Å². The first-order chi connectivity index (χ1) is 18.6. The second-order valence-corrected chi connectivity index (χ2v) is 11.0. The Kier molecular flexibility index (Phi) is 8.85. The van der Waals surface area contributed by atoms with Crippen LogP contribution >= 0.6 is 0 Å². The zero-order chi connectivity index (χ0) is 26.3. The molecule has 3 aromatic rings. The number of aromatic hydroxyl groups is 1. The normalized spacial score (nSPS) is 18.0. The van der Waals surface area contributed by atoms with Crippen LogP contribution in [0.15, 0.2) is 54.7 Å². The summed E-state index contributed by atoms with van der Waals surface area (Å²) in [7, 11) is 1.74. The fraction of sp³-hybridized carbons (Fsp3) is 0.485. The number of hydrogen-bond donors (Lipinski definition) is 1. The molecule has 0 amide bonds. The van der Waals surface area contributed by atoms with Crippen LogP contribution in [0.4, 0.5) is 5.69 Å². The molecule has 0 spiro atoms. The van der Waals surface area contributed by atoms with Crippen LogP contribution in [0.3, 0.4) is 0 Å². The highest BCUT2D eigenvalue weighted by Crippen LogP contribution is 2.40. The lowest BCUT2D eigenvalue weighted by Gasteiger charge is -2.31. The average molecular weight is 514 g/mol. The maximum atomic E-state index is 9.91. The van der Waals surface area contributed by atoms with E-state index in [4.69, 9.17) is 9.72 Å². The van der Waals surface area contributed by atoms with Crippen molar-refractivity contribution < 1.29 is 9.84 Å². The van der Waals surface area contributed by atoms with Crippen molar-refractivity contribution in [2.75, 3.05) is 38.2 Å². The molecule has 0 saturated carbocycles. The predicted octanol–water partition coefficient (Wildman–Crippen LogP) is 6.51. The van der Waals surface area contributed by atoms with Crippen LogP contribution in [-0.4, -0.2) is 48.3 Å². The van der Waals surface area contributed by atoms with E-state index in [-0.39, 0.29) is 0 Å². The summed E-state index contributed by atoms with van der Waals surface area (Å²) in [5, 5.41) is 9.91. The number of anilines is 1. The van der Waals surface area contributed by atoms with Crippen LogP contribution < -0.4 is 9.64 Å². The third-order valence-corrected chi connectivity index (χ3v) is 8.47. The summed E-state index contributed by atoms with van der Waals surface area (Å²) in [6, 6.07) is 16.9. The number of aromatic nitrogens is 1. The van der Waals surface area contributed by atoms with Gasteiger partial charge in [-0.25, -0.2) is 0 Å². The van der Waals surface area contributed by atoms with Crippen LogP contribution in [0.25, 0.3) is 0 Å². The molecule has 5 nitrogen and oxygen atoms in total. The number of aryl methyl sites for hydroxylation is 1. The fourth-order valence-corrected chi connectivity index (χ4v) is 6.18. The number of rotatable bonds is 9.